The third-order valence-electron chi connectivity index (χ3n) is 5.34. The molecule has 1 fully saturated rings. The molecule has 3 N–H and O–H groups in total. The number of ether oxygens (including phenoxy) is 2. The van der Waals surface area contributed by atoms with Crippen LogP contribution in [0.4, 0.5) is 5.69 Å². The topological polar surface area (TPSA) is 70.2 Å². The van der Waals surface area contributed by atoms with Crippen molar-refractivity contribution in [1.29, 1.82) is 0 Å². The van der Waals surface area contributed by atoms with E-state index in [-0.39, 0.29) is 24.0 Å². The summed E-state index contributed by atoms with van der Waals surface area (Å²) in [6.45, 7) is 7.53. The Balaban J connectivity index is 0.00000363. The molecule has 1 aliphatic heterocycles. The highest BCUT2D eigenvalue weighted by molar-refractivity contribution is 14.0. The fourth-order valence-electron chi connectivity index (χ4n) is 3.51. The molecule has 1 aliphatic rings. The standard InChI is InChI=1S/C24H35N5O2.HI/c1-25-24(27-17-20-7-9-23(10-8-20)26-11-14-30-2)28-18-21-5-3-4-6-22(21)19-29-12-15-31-16-13-29;/h3-10,26H,11-19H2,1-2H3,(H2,25,27,28);1H. The van der Waals surface area contributed by atoms with Crippen LogP contribution in [0.2, 0.25) is 0 Å². The first kappa shape index (κ1) is 26.4. The van der Waals surface area contributed by atoms with E-state index in [1.807, 2.05) is 0 Å². The fourth-order valence-corrected chi connectivity index (χ4v) is 3.51. The van der Waals surface area contributed by atoms with E-state index in [1.54, 1.807) is 14.2 Å². The zero-order valence-corrected chi connectivity index (χ0v) is 21.4. The smallest absolute Gasteiger partial charge is 0.191 e. The number of nitrogens with one attached hydrogen (secondary N) is 3. The Hall–Kier alpha value is -1.88. The predicted octanol–water partition coefficient (Wildman–Crippen LogP) is 3.06. The Bertz CT molecular complexity index is 810. The molecule has 8 heteroatoms. The molecule has 0 aliphatic carbocycles. The minimum atomic E-state index is 0. The first-order valence-electron chi connectivity index (χ1n) is 10.9. The molecule has 0 unspecified atom stereocenters. The van der Waals surface area contributed by atoms with Gasteiger partial charge in [-0.25, -0.2) is 0 Å². The minimum Gasteiger partial charge on any atom is -0.383 e. The van der Waals surface area contributed by atoms with Gasteiger partial charge in [-0.05, 0) is 28.8 Å². The van der Waals surface area contributed by atoms with Gasteiger partial charge in [-0.3, -0.25) is 9.89 Å². The molecule has 0 amide bonds. The van der Waals surface area contributed by atoms with Crippen LogP contribution in [0.3, 0.4) is 0 Å². The van der Waals surface area contributed by atoms with Gasteiger partial charge >= 0.3 is 0 Å². The number of hydrogen-bond donors (Lipinski definition) is 3. The average Bonchev–Trinajstić information content (AvgIpc) is 2.82. The van der Waals surface area contributed by atoms with E-state index in [1.165, 1.54) is 16.7 Å². The number of benzene rings is 2. The van der Waals surface area contributed by atoms with E-state index in [0.717, 1.165) is 57.6 Å². The minimum absolute atomic E-state index is 0. The van der Waals surface area contributed by atoms with Crippen molar-refractivity contribution < 1.29 is 9.47 Å². The molecule has 7 nitrogen and oxygen atoms in total. The van der Waals surface area contributed by atoms with Gasteiger partial charge in [-0.2, -0.15) is 0 Å². The van der Waals surface area contributed by atoms with Gasteiger partial charge in [0, 0.05) is 59.1 Å². The molecular weight excluding hydrogens is 517 g/mol. The van der Waals surface area contributed by atoms with Crippen LogP contribution in [0.5, 0.6) is 0 Å². The Kier molecular flexibility index (Phi) is 12.4. The van der Waals surface area contributed by atoms with Crippen molar-refractivity contribution in [2.24, 2.45) is 4.99 Å². The van der Waals surface area contributed by atoms with Gasteiger partial charge in [0.2, 0.25) is 0 Å². The van der Waals surface area contributed by atoms with E-state index in [4.69, 9.17) is 9.47 Å². The summed E-state index contributed by atoms with van der Waals surface area (Å²) in [5, 5.41) is 10.2. The maximum atomic E-state index is 5.47. The SMILES string of the molecule is CN=C(NCc1ccc(NCCOC)cc1)NCc1ccccc1CN1CCOCC1.I. The van der Waals surface area contributed by atoms with Gasteiger partial charge in [0.1, 0.15) is 0 Å². The van der Waals surface area contributed by atoms with Gasteiger partial charge in [0.15, 0.2) is 5.96 Å². The third kappa shape index (κ3) is 8.93. The molecule has 0 bridgehead atoms. The molecule has 2 aromatic carbocycles. The van der Waals surface area contributed by atoms with E-state index in [0.29, 0.717) is 13.2 Å². The molecule has 0 saturated carbocycles. The van der Waals surface area contributed by atoms with Crippen LogP contribution in [-0.2, 0) is 29.1 Å². The van der Waals surface area contributed by atoms with Crippen LogP contribution < -0.4 is 16.0 Å². The van der Waals surface area contributed by atoms with Crippen molar-refractivity contribution >= 4 is 35.6 Å². The zero-order valence-electron chi connectivity index (χ0n) is 19.1. The maximum absolute atomic E-state index is 5.47. The molecular formula is C24H36IN5O2. The summed E-state index contributed by atoms with van der Waals surface area (Å²) in [7, 11) is 3.51. The first-order valence-corrected chi connectivity index (χ1v) is 10.9. The number of guanidine groups is 1. The molecule has 176 valence electrons. The lowest BCUT2D eigenvalue weighted by Crippen LogP contribution is -2.37. The molecule has 0 spiro atoms. The van der Waals surface area contributed by atoms with Crippen LogP contribution in [-0.4, -0.2) is 64.5 Å². The molecule has 0 aromatic heterocycles. The van der Waals surface area contributed by atoms with Crippen molar-refractivity contribution in [2.75, 3.05) is 58.9 Å². The molecule has 0 radical (unpaired) electrons. The summed E-state index contributed by atoms with van der Waals surface area (Å²) in [5.41, 5.74) is 4.94. The van der Waals surface area contributed by atoms with Gasteiger partial charge in [-0.1, -0.05) is 36.4 Å². The number of methoxy groups -OCH3 is 1. The second-order valence-corrected chi connectivity index (χ2v) is 7.55. The Labute approximate surface area is 209 Å². The van der Waals surface area contributed by atoms with E-state index >= 15 is 0 Å². The van der Waals surface area contributed by atoms with Crippen molar-refractivity contribution in [3.05, 3.63) is 65.2 Å². The van der Waals surface area contributed by atoms with Gasteiger partial charge in [0.25, 0.3) is 0 Å². The van der Waals surface area contributed by atoms with Crippen LogP contribution >= 0.6 is 24.0 Å². The van der Waals surface area contributed by atoms with E-state index in [2.05, 4.69) is 74.4 Å². The fraction of sp³-hybridized carbons (Fsp3) is 0.458. The second kappa shape index (κ2) is 15.0. The van der Waals surface area contributed by atoms with Crippen LogP contribution in [0.1, 0.15) is 16.7 Å². The van der Waals surface area contributed by atoms with Gasteiger partial charge in [-0.15, -0.1) is 24.0 Å². The highest BCUT2D eigenvalue weighted by Crippen LogP contribution is 2.13. The van der Waals surface area contributed by atoms with Gasteiger partial charge < -0.3 is 25.4 Å². The Morgan fingerprint density at radius 2 is 1.69 bits per heavy atom. The van der Waals surface area contributed by atoms with Crippen LogP contribution in [0, 0.1) is 0 Å². The number of anilines is 1. The summed E-state index contributed by atoms with van der Waals surface area (Å²) in [6.07, 6.45) is 0. The van der Waals surface area contributed by atoms with Crippen molar-refractivity contribution in [1.82, 2.24) is 15.5 Å². The Morgan fingerprint density at radius 1 is 1.00 bits per heavy atom. The lowest BCUT2D eigenvalue weighted by molar-refractivity contribution is 0.0341. The molecule has 2 aromatic rings. The molecule has 0 atom stereocenters. The van der Waals surface area contributed by atoms with E-state index in [9.17, 15) is 0 Å². The summed E-state index contributed by atoms with van der Waals surface area (Å²) in [6, 6.07) is 17.0. The van der Waals surface area contributed by atoms with E-state index < -0.39 is 0 Å². The second-order valence-electron chi connectivity index (χ2n) is 7.55. The maximum Gasteiger partial charge on any atom is 0.191 e. The molecule has 1 saturated heterocycles. The van der Waals surface area contributed by atoms with Crippen molar-refractivity contribution in [3.8, 4) is 0 Å². The molecule has 1 heterocycles. The lowest BCUT2D eigenvalue weighted by atomic mass is 10.1. The largest absolute Gasteiger partial charge is 0.383 e. The third-order valence-corrected chi connectivity index (χ3v) is 5.34. The summed E-state index contributed by atoms with van der Waals surface area (Å²) < 4.78 is 10.5. The number of morpholine rings is 1. The van der Waals surface area contributed by atoms with Crippen LogP contribution in [0.15, 0.2) is 53.5 Å². The number of hydrogen-bond acceptors (Lipinski definition) is 5. The first-order chi connectivity index (χ1) is 15.3. The normalized spacial score (nSPS) is 14.5. The lowest BCUT2D eigenvalue weighted by Gasteiger charge is -2.27. The van der Waals surface area contributed by atoms with Crippen molar-refractivity contribution in [3.63, 3.8) is 0 Å². The van der Waals surface area contributed by atoms with Crippen LogP contribution in [0.25, 0.3) is 0 Å². The highest BCUT2D eigenvalue weighted by Gasteiger charge is 2.12. The number of aliphatic imine (C=N–C) groups is 1. The quantitative estimate of drug-likeness (QED) is 0.182. The predicted molar refractivity (Wildman–Crippen MR) is 142 cm³/mol. The zero-order chi connectivity index (χ0) is 21.7. The van der Waals surface area contributed by atoms with Gasteiger partial charge in [0.05, 0.1) is 19.8 Å². The molecule has 3 rings (SSSR count). The number of nitrogens with zero attached hydrogens (tertiary/aromatic N) is 2. The highest BCUT2D eigenvalue weighted by atomic mass is 127. The average molecular weight is 553 g/mol. The van der Waals surface area contributed by atoms with Crippen molar-refractivity contribution in [2.45, 2.75) is 19.6 Å². The Morgan fingerprint density at radius 3 is 2.38 bits per heavy atom. The summed E-state index contributed by atoms with van der Waals surface area (Å²) in [4.78, 5) is 6.82. The summed E-state index contributed by atoms with van der Waals surface area (Å²) in [5.74, 6) is 0.795. The monoisotopic (exact) mass is 553 g/mol. The number of rotatable bonds is 10. The molecule has 32 heavy (non-hydrogen) atoms. The summed E-state index contributed by atoms with van der Waals surface area (Å²) >= 11 is 0. The number of halogens is 1.